The topological polar surface area (TPSA) is 33.1 Å². The summed E-state index contributed by atoms with van der Waals surface area (Å²) in [6, 6.07) is 4.27. The number of aliphatic hydroxyl groups is 1. The number of pyridine rings is 1. The Kier molecular flexibility index (Phi) is 2.70. The number of aryl methyl sites for hydroxylation is 1. The molecule has 0 amide bonds. The Morgan fingerprint density at radius 3 is 3.06 bits per heavy atom. The highest BCUT2D eigenvalue weighted by Crippen LogP contribution is 2.52. The summed E-state index contributed by atoms with van der Waals surface area (Å²) in [4.78, 5) is 4.63. The fraction of sp³-hybridized carbons (Fsp3) is 0.667. The maximum absolute atomic E-state index is 9.82. The number of nitrogens with zero attached hydrogens (tertiary/aromatic N) is 1. The standard InChI is InChI=1S/C15H21NO/c1-15(8-7-12(17)10-15)13-6-2-4-11-5-3-9-16-14(11)13/h3,5,9,12-13,17H,2,4,6-8,10H2,1H3. The fourth-order valence-electron chi connectivity index (χ4n) is 3.84. The van der Waals surface area contributed by atoms with Gasteiger partial charge < -0.3 is 5.11 Å². The molecule has 2 aliphatic rings. The van der Waals surface area contributed by atoms with E-state index in [2.05, 4.69) is 18.0 Å². The molecule has 2 nitrogen and oxygen atoms in total. The van der Waals surface area contributed by atoms with E-state index in [4.69, 9.17) is 0 Å². The molecule has 0 spiro atoms. The zero-order valence-corrected chi connectivity index (χ0v) is 10.5. The summed E-state index contributed by atoms with van der Waals surface area (Å²) in [5, 5.41) is 9.82. The molecule has 17 heavy (non-hydrogen) atoms. The zero-order valence-electron chi connectivity index (χ0n) is 10.5. The van der Waals surface area contributed by atoms with Gasteiger partial charge in [-0.2, -0.15) is 0 Å². The first kappa shape index (κ1) is 11.2. The van der Waals surface area contributed by atoms with Gasteiger partial charge in [0.1, 0.15) is 0 Å². The molecule has 0 radical (unpaired) electrons. The van der Waals surface area contributed by atoms with Gasteiger partial charge in [-0.3, -0.25) is 4.98 Å². The van der Waals surface area contributed by atoms with Crippen molar-refractivity contribution in [2.75, 3.05) is 0 Å². The predicted molar refractivity (Wildman–Crippen MR) is 67.9 cm³/mol. The van der Waals surface area contributed by atoms with Crippen molar-refractivity contribution in [3.63, 3.8) is 0 Å². The van der Waals surface area contributed by atoms with Crippen LogP contribution in [-0.4, -0.2) is 16.2 Å². The van der Waals surface area contributed by atoms with Crippen molar-refractivity contribution in [2.24, 2.45) is 5.41 Å². The Morgan fingerprint density at radius 2 is 2.29 bits per heavy atom. The number of hydrogen-bond donors (Lipinski definition) is 1. The largest absolute Gasteiger partial charge is 0.393 e. The molecule has 1 heterocycles. The summed E-state index contributed by atoms with van der Waals surface area (Å²) >= 11 is 0. The smallest absolute Gasteiger partial charge is 0.0545 e. The molecule has 1 aromatic heterocycles. The van der Waals surface area contributed by atoms with Gasteiger partial charge >= 0.3 is 0 Å². The van der Waals surface area contributed by atoms with Crippen molar-refractivity contribution in [1.82, 2.24) is 4.98 Å². The van der Waals surface area contributed by atoms with Gasteiger partial charge in [0.05, 0.1) is 6.10 Å². The third kappa shape index (κ3) is 1.89. The Morgan fingerprint density at radius 1 is 1.41 bits per heavy atom. The van der Waals surface area contributed by atoms with E-state index in [9.17, 15) is 5.11 Å². The molecule has 0 aliphatic heterocycles. The average Bonchev–Trinajstić information content (AvgIpc) is 2.70. The highest BCUT2D eigenvalue weighted by Gasteiger charge is 2.43. The van der Waals surface area contributed by atoms with Crippen LogP contribution in [0.25, 0.3) is 0 Å². The lowest BCUT2D eigenvalue weighted by Gasteiger charge is -2.37. The van der Waals surface area contributed by atoms with Crippen LogP contribution in [0.1, 0.15) is 56.2 Å². The van der Waals surface area contributed by atoms with E-state index < -0.39 is 0 Å². The number of aromatic nitrogens is 1. The first-order valence-corrected chi connectivity index (χ1v) is 6.81. The molecule has 0 bridgehead atoms. The lowest BCUT2D eigenvalue weighted by molar-refractivity contribution is 0.147. The van der Waals surface area contributed by atoms with E-state index in [-0.39, 0.29) is 11.5 Å². The molecular formula is C15H21NO. The second-order valence-corrected chi connectivity index (χ2v) is 6.04. The molecule has 1 aromatic rings. The molecule has 92 valence electrons. The van der Waals surface area contributed by atoms with E-state index >= 15 is 0 Å². The van der Waals surface area contributed by atoms with Crippen LogP contribution in [0.5, 0.6) is 0 Å². The van der Waals surface area contributed by atoms with Crippen LogP contribution < -0.4 is 0 Å². The van der Waals surface area contributed by atoms with E-state index in [0.29, 0.717) is 5.92 Å². The SMILES string of the molecule is CC1(C2CCCc3cccnc32)CCC(O)C1. The Hall–Kier alpha value is -0.890. The zero-order chi connectivity index (χ0) is 11.9. The van der Waals surface area contributed by atoms with Crippen molar-refractivity contribution in [3.05, 3.63) is 29.6 Å². The summed E-state index contributed by atoms with van der Waals surface area (Å²) in [7, 11) is 0. The summed E-state index contributed by atoms with van der Waals surface area (Å²) in [6.45, 7) is 2.34. The number of aliphatic hydroxyl groups excluding tert-OH is 1. The van der Waals surface area contributed by atoms with Gasteiger partial charge in [-0.05, 0) is 55.6 Å². The Balaban J connectivity index is 1.95. The van der Waals surface area contributed by atoms with Crippen molar-refractivity contribution in [3.8, 4) is 0 Å². The molecule has 0 saturated heterocycles. The normalized spacial score (nSPS) is 36.8. The van der Waals surface area contributed by atoms with Crippen LogP contribution >= 0.6 is 0 Å². The third-order valence-electron chi connectivity index (χ3n) is 4.79. The monoisotopic (exact) mass is 231 g/mol. The van der Waals surface area contributed by atoms with Crippen molar-refractivity contribution in [1.29, 1.82) is 0 Å². The minimum absolute atomic E-state index is 0.0888. The minimum Gasteiger partial charge on any atom is -0.393 e. The molecule has 1 fully saturated rings. The van der Waals surface area contributed by atoms with Gasteiger partial charge in [0.15, 0.2) is 0 Å². The highest BCUT2D eigenvalue weighted by atomic mass is 16.3. The molecular weight excluding hydrogens is 210 g/mol. The van der Waals surface area contributed by atoms with Crippen molar-refractivity contribution in [2.45, 2.75) is 57.5 Å². The van der Waals surface area contributed by atoms with Crippen LogP contribution in [0, 0.1) is 5.41 Å². The molecule has 1 saturated carbocycles. The van der Waals surface area contributed by atoms with Gasteiger partial charge in [0, 0.05) is 17.8 Å². The quantitative estimate of drug-likeness (QED) is 0.806. The number of hydrogen-bond acceptors (Lipinski definition) is 2. The molecule has 3 unspecified atom stereocenters. The number of rotatable bonds is 1. The van der Waals surface area contributed by atoms with Crippen molar-refractivity contribution >= 4 is 0 Å². The second-order valence-electron chi connectivity index (χ2n) is 6.04. The van der Waals surface area contributed by atoms with E-state index in [0.717, 1.165) is 19.3 Å². The van der Waals surface area contributed by atoms with Crippen molar-refractivity contribution < 1.29 is 5.11 Å². The molecule has 2 aliphatic carbocycles. The molecule has 3 atom stereocenters. The lowest BCUT2D eigenvalue weighted by atomic mass is 9.68. The summed E-state index contributed by atoms with van der Waals surface area (Å²) in [5.41, 5.74) is 3.02. The van der Waals surface area contributed by atoms with E-state index in [1.807, 2.05) is 12.3 Å². The van der Waals surface area contributed by atoms with E-state index in [1.165, 1.54) is 30.5 Å². The second kappa shape index (κ2) is 4.09. The van der Waals surface area contributed by atoms with Crippen LogP contribution in [0.15, 0.2) is 18.3 Å². The van der Waals surface area contributed by atoms with Gasteiger partial charge in [0.25, 0.3) is 0 Å². The third-order valence-corrected chi connectivity index (χ3v) is 4.79. The van der Waals surface area contributed by atoms with Crippen LogP contribution in [-0.2, 0) is 6.42 Å². The fourth-order valence-corrected chi connectivity index (χ4v) is 3.84. The van der Waals surface area contributed by atoms with Crippen LogP contribution in [0.4, 0.5) is 0 Å². The van der Waals surface area contributed by atoms with Crippen LogP contribution in [0.2, 0.25) is 0 Å². The Labute approximate surface area is 103 Å². The molecule has 1 N–H and O–H groups in total. The summed E-state index contributed by atoms with van der Waals surface area (Å²) in [6.07, 6.45) is 8.60. The van der Waals surface area contributed by atoms with Gasteiger partial charge in [-0.1, -0.05) is 13.0 Å². The Bertz CT molecular complexity index is 417. The van der Waals surface area contributed by atoms with Gasteiger partial charge in [-0.25, -0.2) is 0 Å². The first-order valence-electron chi connectivity index (χ1n) is 6.81. The lowest BCUT2D eigenvalue weighted by Crippen LogP contribution is -2.27. The highest BCUT2D eigenvalue weighted by molar-refractivity contribution is 5.28. The van der Waals surface area contributed by atoms with Gasteiger partial charge in [-0.15, -0.1) is 0 Å². The maximum atomic E-state index is 9.82. The average molecular weight is 231 g/mol. The van der Waals surface area contributed by atoms with Gasteiger partial charge in [0.2, 0.25) is 0 Å². The van der Waals surface area contributed by atoms with Crippen LogP contribution in [0.3, 0.4) is 0 Å². The molecule has 0 aromatic carbocycles. The first-order chi connectivity index (χ1) is 8.19. The predicted octanol–water partition coefficient (Wildman–Crippen LogP) is 3.05. The minimum atomic E-state index is -0.0888. The summed E-state index contributed by atoms with van der Waals surface area (Å²) < 4.78 is 0. The maximum Gasteiger partial charge on any atom is 0.0545 e. The molecule has 3 rings (SSSR count). The molecule has 2 heteroatoms. The van der Waals surface area contributed by atoms with E-state index in [1.54, 1.807) is 0 Å². The number of fused-ring (bicyclic) bond motifs is 1. The summed E-state index contributed by atoms with van der Waals surface area (Å²) in [5.74, 6) is 0.560.